The third kappa shape index (κ3) is 4.68. The molecule has 0 radical (unpaired) electrons. The van der Waals surface area contributed by atoms with Crippen molar-refractivity contribution >= 4 is 11.5 Å². The molecule has 1 aromatic rings. The Morgan fingerprint density at radius 1 is 0.958 bits per heavy atom. The summed E-state index contributed by atoms with van der Waals surface area (Å²) in [5, 5.41) is 13.9. The third-order valence-corrected chi connectivity index (χ3v) is 17.4. The lowest BCUT2D eigenvalue weighted by molar-refractivity contribution is -0.918. The number of ether oxygens (including phenoxy) is 1. The lowest BCUT2D eigenvalue weighted by Crippen LogP contribution is -3.16. The van der Waals surface area contributed by atoms with Gasteiger partial charge in [-0.05, 0) is 138 Å². The molecule has 4 saturated carbocycles. The molecule has 1 aromatic carbocycles. The number of hydrogen-bond donors (Lipinski definition) is 3. The van der Waals surface area contributed by atoms with Gasteiger partial charge in [-0.2, -0.15) is 0 Å². The molecule has 5 heteroatoms. The molecular formula is C43H65N2O3+. The van der Waals surface area contributed by atoms with E-state index in [0.29, 0.717) is 34.0 Å². The van der Waals surface area contributed by atoms with E-state index >= 15 is 0 Å². The Balaban J connectivity index is 1.06. The number of benzene rings is 1. The fourth-order valence-corrected chi connectivity index (χ4v) is 15.0. The number of rotatable bonds is 7. The van der Waals surface area contributed by atoms with Crippen LogP contribution in [0.1, 0.15) is 129 Å². The number of quaternary nitrogens is 1. The second kappa shape index (κ2) is 11.4. The minimum atomic E-state index is -0.847. The number of carbonyl (C=O) groups is 1. The van der Waals surface area contributed by atoms with Gasteiger partial charge < -0.3 is 20.1 Å². The second-order valence-corrected chi connectivity index (χ2v) is 19.7. The molecule has 0 amide bonds. The number of aromatic carboxylic acids is 1. The van der Waals surface area contributed by atoms with Crippen LogP contribution in [0.4, 0.5) is 0 Å². The maximum absolute atomic E-state index is 11.6. The molecule has 2 saturated heterocycles. The van der Waals surface area contributed by atoms with Crippen molar-refractivity contribution < 1.29 is 19.5 Å². The fourth-order valence-electron chi connectivity index (χ4n) is 15.0. The summed E-state index contributed by atoms with van der Waals surface area (Å²) in [6.07, 6.45) is 16.5. The number of carboxylic acid groups (broad SMARTS) is 1. The zero-order valence-corrected chi connectivity index (χ0v) is 31.2. The lowest BCUT2D eigenvalue weighted by Gasteiger charge is -2.72. The average molecular weight is 658 g/mol. The van der Waals surface area contributed by atoms with Crippen molar-refractivity contribution in [3.63, 3.8) is 0 Å². The highest BCUT2D eigenvalue weighted by Crippen LogP contribution is 2.76. The van der Waals surface area contributed by atoms with Gasteiger partial charge in [-0.15, -0.1) is 0 Å². The monoisotopic (exact) mass is 657 g/mol. The Hall–Kier alpha value is -1.69. The van der Waals surface area contributed by atoms with Gasteiger partial charge in [0.25, 0.3) is 0 Å². The van der Waals surface area contributed by atoms with Crippen LogP contribution in [0.2, 0.25) is 0 Å². The molecule has 0 aromatic heterocycles. The Morgan fingerprint density at radius 3 is 2.40 bits per heavy atom. The molecule has 6 fully saturated rings. The van der Waals surface area contributed by atoms with Crippen molar-refractivity contribution in [3.05, 3.63) is 41.5 Å². The van der Waals surface area contributed by atoms with Crippen molar-refractivity contribution in [2.75, 3.05) is 26.2 Å². The molecule has 48 heavy (non-hydrogen) atoms. The molecule has 8 rings (SSSR count). The van der Waals surface area contributed by atoms with Crippen LogP contribution < -0.4 is 10.2 Å². The molecule has 7 aliphatic rings. The molecule has 3 N–H and O–H groups in total. The summed E-state index contributed by atoms with van der Waals surface area (Å²) >= 11 is 0. The first-order valence-corrected chi connectivity index (χ1v) is 20.0. The van der Waals surface area contributed by atoms with Crippen LogP contribution in [0.3, 0.4) is 0 Å². The molecule has 2 aliphatic heterocycles. The van der Waals surface area contributed by atoms with E-state index in [1.54, 1.807) is 17.0 Å². The quantitative estimate of drug-likeness (QED) is 0.284. The number of fused-ring (bicyclic) bond motifs is 9. The van der Waals surface area contributed by atoms with E-state index in [9.17, 15) is 9.90 Å². The van der Waals surface area contributed by atoms with Crippen molar-refractivity contribution in [2.45, 2.75) is 130 Å². The summed E-state index contributed by atoms with van der Waals surface area (Å²) in [6, 6.07) is 8.43. The smallest absolute Gasteiger partial charge is 0.335 e. The molecule has 264 valence electrons. The predicted molar refractivity (Wildman–Crippen MR) is 193 cm³/mol. The molecule has 5 nitrogen and oxygen atoms in total. The van der Waals surface area contributed by atoms with Gasteiger partial charge in [-0.1, -0.05) is 66.7 Å². The standard InChI is InChI=1S/C43H64N2O3/c1-27(2)32-14-19-43(44-22-23-45-25-31-24-30(45)26-48-31)21-20-41(6)34(37(32)43)12-13-36-40(5)17-15-33(28-8-10-29(11-9-28)38(46)47)39(3,4)35(40)16-18-42(36,41)7/h8-11,15,27,30-32,34-37,44H,12-14,16-26H2,1-7H3,(H,46,47)/p+1/t30?,31?,32-,34+,35?,36?,37?,40-,41+,42+,43-/m0/s1. The molecule has 5 aliphatic carbocycles. The minimum Gasteiger partial charge on any atom is -0.478 e. The summed E-state index contributed by atoms with van der Waals surface area (Å²) < 4.78 is 5.94. The third-order valence-electron chi connectivity index (χ3n) is 17.4. The van der Waals surface area contributed by atoms with Crippen molar-refractivity contribution in [3.8, 4) is 0 Å². The summed E-state index contributed by atoms with van der Waals surface area (Å²) in [5.41, 5.74) is 4.44. The van der Waals surface area contributed by atoms with Gasteiger partial charge in [-0.25, -0.2) is 4.79 Å². The van der Waals surface area contributed by atoms with E-state index in [-0.39, 0.29) is 10.8 Å². The van der Waals surface area contributed by atoms with Crippen LogP contribution in [0.5, 0.6) is 0 Å². The number of morpholine rings is 1. The van der Waals surface area contributed by atoms with Crippen molar-refractivity contribution in [1.29, 1.82) is 0 Å². The molecule has 2 heterocycles. The second-order valence-electron chi connectivity index (χ2n) is 19.7. The van der Waals surface area contributed by atoms with Crippen molar-refractivity contribution in [2.24, 2.45) is 57.2 Å². The fraction of sp³-hybridized carbons (Fsp3) is 0.791. The SMILES string of the molecule is CC(C)[C@@H]1CC[C@]2(NCC[NH+]3CC4CC3CO4)CC[C@]3(C)[C@H](CCC4[C@@]5(C)CC=C(c6ccc(C(=O)O)cc6)C(C)(C)C5CC[C@]43C)C12. The van der Waals surface area contributed by atoms with Crippen LogP contribution in [-0.2, 0) is 4.74 Å². The van der Waals surface area contributed by atoms with Crippen molar-refractivity contribution in [1.82, 2.24) is 5.32 Å². The van der Waals surface area contributed by atoms with Gasteiger partial charge in [0.05, 0.1) is 18.7 Å². The zero-order chi connectivity index (χ0) is 33.9. The zero-order valence-electron chi connectivity index (χ0n) is 31.2. The first-order chi connectivity index (χ1) is 22.7. The summed E-state index contributed by atoms with van der Waals surface area (Å²) in [6.45, 7) is 22.9. The number of nitrogens with one attached hydrogen (secondary N) is 2. The van der Waals surface area contributed by atoms with Crippen LogP contribution in [-0.4, -0.2) is 55.0 Å². The highest BCUT2D eigenvalue weighted by atomic mass is 16.5. The van der Waals surface area contributed by atoms with Gasteiger partial charge >= 0.3 is 5.97 Å². The summed E-state index contributed by atoms with van der Waals surface area (Å²) in [4.78, 5) is 13.4. The van der Waals surface area contributed by atoms with E-state index in [1.807, 2.05) is 0 Å². The summed E-state index contributed by atoms with van der Waals surface area (Å²) in [5.74, 6) is 3.74. The Morgan fingerprint density at radius 2 is 1.73 bits per heavy atom. The number of allylic oxidation sites excluding steroid dienone is 2. The van der Waals surface area contributed by atoms with Gasteiger partial charge in [0.15, 0.2) is 0 Å². The normalized spacial score (nSPS) is 47.2. The topological polar surface area (TPSA) is 63.0 Å². The highest BCUT2D eigenvalue weighted by Gasteiger charge is 2.70. The molecule has 12 atom stereocenters. The highest BCUT2D eigenvalue weighted by molar-refractivity contribution is 5.88. The molecule has 2 bridgehead atoms. The number of hydrogen-bond acceptors (Lipinski definition) is 3. The van der Waals surface area contributed by atoms with E-state index in [1.165, 1.54) is 88.6 Å². The van der Waals surface area contributed by atoms with Gasteiger partial charge in [0, 0.05) is 18.5 Å². The van der Waals surface area contributed by atoms with Gasteiger partial charge in [0.1, 0.15) is 18.7 Å². The van der Waals surface area contributed by atoms with Crippen LogP contribution in [0.15, 0.2) is 30.3 Å². The number of carboxylic acids is 1. The molecule has 0 spiro atoms. The predicted octanol–water partition coefficient (Wildman–Crippen LogP) is 7.51. The van der Waals surface area contributed by atoms with Crippen LogP contribution in [0.25, 0.3) is 5.57 Å². The van der Waals surface area contributed by atoms with E-state index in [2.05, 4.69) is 72.0 Å². The maximum Gasteiger partial charge on any atom is 0.335 e. The van der Waals surface area contributed by atoms with Gasteiger partial charge in [0.2, 0.25) is 0 Å². The van der Waals surface area contributed by atoms with E-state index in [4.69, 9.17) is 4.74 Å². The Labute approximate surface area is 291 Å². The summed E-state index contributed by atoms with van der Waals surface area (Å²) in [7, 11) is 0. The number of likely N-dealkylation sites (tertiary alicyclic amines) is 1. The van der Waals surface area contributed by atoms with E-state index in [0.717, 1.165) is 48.7 Å². The first-order valence-electron chi connectivity index (χ1n) is 20.0. The maximum atomic E-state index is 11.6. The molecular weight excluding hydrogens is 592 g/mol. The molecule has 6 unspecified atom stereocenters. The lowest BCUT2D eigenvalue weighted by atomic mass is 9.33. The minimum absolute atomic E-state index is 0.0552. The Bertz CT molecular complexity index is 1450. The van der Waals surface area contributed by atoms with E-state index < -0.39 is 5.97 Å². The van der Waals surface area contributed by atoms with Gasteiger partial charge in [-0.3, -0.25) is 0 Å². The largest absolute Gasteiger partial charge is 0.478 e. The average Bonchev–Trinajstić information content (AvgIpc) is 3.76. The van der Waals surface area contributed by atoms with Crippen LogP contribution >= 0.6 is 0 Å². The Kier molecular flexibility index (Phi) is 7.95. The van der Waals surface area contributed by atoms with Crippen LogP contribution in [0, 0.1) is 57.2 Å². The first kappa shape index (κ1) is 33.5.